The molecule has 142 valence electrons. The van der Waals surface area contributed by atoms with E-state index >= 15 is 0 Å². The number of carbonyl (C=O) groups is 1. The Bertz CT molecular complexity index is 986. The maximum absolute atomic E-state index is 12.5. The van der Waals surface area contributed by atoms with Crippen molar-refractivity contribution in [3.05, 3.63) is 83.6 Å². The van der Waals surface area contributed by atoms with Gasteiger partial charge in [0.05, 0.1) is 11.9 Å². The minimum Gasteiger partial charge on any atom is -0.326 e. The van der Waals surface area contributed by atoms with Gasteiger partial charge in [0.1, 0.15) is 5.82 Å². The van der Waals surface area contributed by atoms with E-state index in [2.05, 4.69) is 60.2 Å². The first-order valence-corrected chi connectivity index (χ1v) is 9.65. The number of hydrogen-bond donors (Lipinski definition) is 1. The Morgan fingerprint density at radius 3 is 2.43 bits per heavy atom. The molecule has 4 nitrogen and oxygen atoms in total. The number of fused-ring (bicyclic) bond motifs is 1. The van der Waals surface area contributed by atoms with Crippen molar-refractivity contribution in [1.29, 1.82) is 0 Å². The maximum atomic E-state index is 12.5. The Morgan fingerprint density at radius 1 is 1.00 bits per heavy atom. The first-order chi connectivity index (χ1) is 13.4. The Morgan fingerprint density at radius 2 is 1.75 bits per heavy atom. The molecule has 0 unspecified atom stereocenters. The molecule has 0 atom stereocenters. The van der Waals surface area contributed by atoms with Crippen LogP contribution in [0, 0.1) is 0 Å². The van der Waals surface area contributed by atoms with Crippen molar-refractivity contribution in [2.75, 3.05) is 16.8 Å². The first-order valence-electron chi connectivity index (χ1n) is 9.65. The Hall–Kier alpha value is -3.14. The van der Waals surface area contributed by atoms with E-state index in [4.69, 9.17) is 0 Å². The van der Waals surface area contributed by atoms with Gasteiger partial charge in [-0.25, -0.2) is 4.98 Å². The van der Waals surface area contributed by atoms with Crippen LogP contribution in [0.1, 0.15) is 42.3 Å². The number of anilines is 3. The number of nitrogens with one attached hydrogen (secondary N) is 1. The third kappa shape index (κ3) is 3.63. The van der Waals surface area contributed by atoms with Gasteiger partial charge in [0.15, 0.2) is 0 Å². The summed E-state index contributed by atoms with van der Waals surface area (Å²) in [7, 11) is 0. The molecule has 4 rings (SSSR count). The summed E-state index contributed by atoms with van der Waals surface area (Å²) in [6.45, 7) is 7.41. The third-order valence-corrected chi connectivity index (χ3v) is 5.18. The van der Waals surface area contributed by atoms with Gasteiger partial charge in [-0.05, 0) is 53.3 Å². The lowest BCUT2D eigenvalue weighted by Crippen LogP contribution is -2.16. The minimum atomic E-state index is -0.124. The molecular weight excluding hydrogens is 346 g/mol. The molecule has 3 aromatic rings. The average molecular weight is 371 g/mol. The molecule has 1 N–H and O–H groups in total. The topological polar surface area (TPSA) is 45.2 Å². The molecule has 1 amide bonds. The lowest BCUT2D eigenvalue weighted by atomic mass is 9.87. The fraction of sp³-hybridized carbons (Fsp3) is 0.250. The van der Waals surface area contributed by atoms with E-state index in [1.165, 1.54) is 16.8 Å². The predicted octanol–water partition coefficient (Wildman–Crippen LogP) is 5.33. The predicted molar refractivity (Wildman–Crippen MR) is 114 cm³/mol. The van der Waals surface area contributed by atoms with Gasteiger partial charge in [0.25, 0.3) is 5.91 Å². The summed E-state index contributed by atoms with van der Waals surface area (Å²) >= 11 is 0. The van der Waals surface area contributed by atoms with Crippen molar-refractivity contribution in [2.24, 2.45) is 0 Å². The van der Waals surface area contributed by atoms with Gasteiger partial charge in [-0.2, -0.15) is 0 Å². The molecule has 0 saturated carbocycles. The molecule has 0 fully saturated rings. The number of benzene rings is 2. The Kier molecular flexibility index (Phi) is 4.63. The summed E-state index contributed by atoms with van der Waals surface area (Å²) in [6.07, 6.45) is 2.75. The van der Waals surface area contributed by atoms with E-state index in [9.17, 15) is 4.79 Å². The van der Waals surface area contributed by atoms with E-state index in [1.54, 1.807) is 6.20 Å². The Labute approximate surface area is 166 Å². The third-order valence-electron chi connectivity index (χ3n) is 5.18. The highest BCUT2D eigenvalue weighted by molar-refractivity contribution is 6.04. The highest BCUT2D eigenvalue weighted by atomic mass is 16.1. The van der Waals surface area contributed by atoms with Gasteiger partial charge < -0.3 is 10.2 Å². The molecule has 1 aromatic heterocycles. The van der Waals surface area contributed by atoms with Crippen molar-refractivity contribution >= 4 is 23.1 Å². The zero-order chi connectivity index (χ0) is 19.7. The van der Waals surface area contributed by atoms with Crippen molar-refractivity contribution in [3.63, 3.8) is 0 Å². The second kappa shape index (κ2) is 7.12. The fourth-order valence-corrected chi connectivity index (χ4v) is 3.52. The van der Waals surface area contributed by atoms with Gasteiger partial charge in [-0.1, -0.05) is 51.1 Å². The normalized spacial score (nSPS) is 13.3. The summed E-state index contributed by atoms with van der Waals surface area (Å²) in [5.41, 5.74) is 5.18. The second-order valence-electron chi connectivity index (χ2n) is 8.22. The second-order valence-corrected chi connectivity index (χ2v) is 8.22. The number of carbonyl (C=O) groups excluding carboxylic acids is 1. The molecule has 0 radical (unpaired) electrons. The molecule has 28 heavy (non-hydrogen) atoms. The number of aromatic nitrogens is 1. The highest BCUT2D eigenvalue weighted by Gasteiger charge is 2.20. The van der Waals surface area contributed by atoms with Gasteiger partial charge >= 0.3 is 0 Å². The van der Waals surface area contributed by atoms with Crippen molar-refractivity contribution < 1.29 is 4.79 Å². The van der Waals surface area contributed by atoms with E-state index < -0.39 is 0 Å². The number of amides is 1. The number of hydrogen-bond acceptors (Lipinski definition) is 3. The first kappa shape index (κ1) is 18.2. The zero-order valence-electron chi connectivity index (χ0n) is 16.6. The van der Waals surface area contributed by atoms with Crippen molar-refractivity contribution in [3.8, 4) is 0 Å². The number of para-hydroxylation sites is 1. The SMILES string of the molecule is CC(C)(C)c1ccc(C(=O)Nc2ccc(N3CCc4ccccc43)nc2)cc1. The summed E-state index contributed by atoms with van der Waals surface area (Å²) in [6, 6.07) is 20.1. The van der Waals surface area contributed by atoms with Crippen LogP contribution in [0.15, 0.2) is 66.9 Å². The van der Waals surface area contributed by atoms with Crippen LogP contribution in [0.2, 0.25) is 0 Å². The Balaban J connectivity index is 1.46. The molecule has 0 bridgehead atoms. The summed E-state index contributed by atoms with van der Waals surface area (Å²) in [5, 5.41) is 2.93. The van der Waals surface area contributed by atoms with Crippen LogP contribution < -0.4 is 10.2 Å². The van der Waals surface area contributed by atoms with Crippen molar-refractivity contribution in [1.82, 2.24) is 4.98 Å². The molecule has 4 heteroatoms. The molecular formula is C24H25N3O. The monoisotopic (exact) mass is 371 g/mol. The molecule has 1 aliphatic rings. The molecule has 0 saturated heterocycles. The van der Waals surface area contributed by atoms with Gasteiger partial charge in [-0.3, -0.25) is 4.79 Å². The lowest BCUT2D eigenvalue weighted by Gasteiger charge is -2.19. The van der Waals surface area contributed by atoms with Crippen LogP contribution in [0.5, 0.6) is 0 Å². The average Bonchev–Trinajstić information content (AvgIpc) is 3.12. The number of pyridine rings is 1. The van der Waals surface area contributed by atoms with Crippen LogP contribution in [-0.4, -0.2) is 17.4 Å². The summed E-state index contributed by atoms with van der Waals surface area (Å²) < 4.78 is 0. The van der Waals surface area contributed by atoms with Crippen molar-refractivity contribution in [2.45, 2.75) is 32.6 Å². The minimum absolute atomic E-state index is 0.0724. The maximum Gasteiger partial charge on any atom is 0.255 e. The van der Waals surface area contributed by atoms with Gasteiger partial charge in [-0.15, -0.1) is 0 Å². The molecule has 1 aliphatic heterocycles. The van der Waals surface area contributed by atoms with E-state index in [0.29, 0.717) is 11.3 Å². The van der Waals surface area contributed by atoms with Gasteiger partial charge in [0.2, 0.25) is 0 Å². The molecule has 0 aliphatic carbocycles. The summed E-state index contributed by atoms with van der Waals surface area (Å²) in [5.74, 6) is 0.777. The highest BCUT2D eigenvalue weighted by Crippen LogP contribution is 2.33. The van der Waals surface area contributed by atoms with E-state index in [0.717, 1.165) is 18.8 Å². The molecule has 2 heterocycles. The van der Waals surface area contributed by atoms with Gasteiger partial charge in [0, 0.05) is 17.8 Å². The lowest BCUT2D eigenvalue weighted by molar-refractivity contribution is 0.102. The standard InChI is InChI=1S/C24H25N3O/c1-24(2,3)19-10-8-18(9-11-19)23(28)26-20-12-13-22(25-16-20)27-15-14-17-6-4-5-7-21(17)27/h4-13,16H,14-15H2,1-3H3,(H,26,28). The zero-order valence-corrected chi connectivity index (χ0v) is 16.6. The van der Waals surface area contributed by atoms with E-state index in [1.807, 2.05) is 36.4 Å². The smallest absolute Gasteiger partial charge is 0.255 e. The molecule has 0 spiro atoms. The van der Waals surface area contributed by atoms with Crippen LogP contribution in [0.4, 0.5) is 17.2 Å². The molecule has 2 aromatic carbocycles. The quantitative estimate of drug-likeness (QED) is 0.677. The fourth-order valence-electron chi connectivity index (χ4n) is 3.52. The summed E-state index contributed by atoms with van der Waals surface area (Å²) in [4.78, 5) is 19.3. The van der Waals surface area contributed by atoms with E-state index in [-0.39, 0.29) is 11.3 Å². The van der Waals surface area contributed by atoms with Crippen LogP contribution in [0.25, 0.3) is 0 Å². The number of nitrogens with zero attached hydrogens (tertiary/aromatic N) is 2. The largest absolute Gasteiger partial charge is 0.326 e. The van der Waals surface area contributed by atoms with Crippen LogP contribution >= 0.6 is 0 Å². The number of rotatable bonds is 3. The van der Waals surface area contributed by atoms with Crippen LogP contribution in [-0.2, 0) is 11.8 Å². The van der Waals surface area contributed by atoms with Crippen LogP contribution in [0.3, 0.4) is 0 Å².